The lowest BCUT2D eigenvalue weighted by Gasteiger charge is -2.11. The molecule has 4 nitrogen and oxygen atoms in total. The van der Waals surface area contributed by atoms with Gasteiger partial charge in [-0.05, 0) is 25.3 Å². The Bertz CT molecular complexity index is 537. The first-order valence-electron chi connectivity index (χ1n) is 6.61. The zero-order chi connectivity index (χ0) is 13.7. The van der Waals surface area contributed by atoms with Crippen LogP contribution in [0.2, 0.25) is 0 Å². The molecule has 0 unspecified atom stereocenters. The number of anilines is 1. The van der Waals surface area contributed by atoms with E-state index in [0.717, 1.165) is 42.2 Å². The molecular formula is C15H20N4. The molecule has 0 aliphatic rings. The SMILES string of the molecule is CCc1c(C)nc(CCc2ccccc2)nc1NN. The Morgan fingerprint density at radius 2 is 1.84 bits per heavy atom. The molecule has 0 bridgehead atoms. The van der Waals surface area contributed by atoms with E-state index in [0.29, 0.717) is 0 Å². The number of hydrazine groups is 1. The molecule has 0 spiro atoms. The van der Waals surface area contributed by atoms with Gasteiger partial charge in [0.1, 0.15) is 11.6 Å². The van der Waals surface area contributed by atoms with E-state index in [9.17, 15) is 0 Å². The van der Waals surface area contributed by atoms with Crippen molar-refractivity contribution >= 4 is 5.82 Å². The molecule has 19 heavy (non-hydrogen) atoms. The van der Waals surface area contributed by atoms with E-state index in [4.69, 9.17) is 5.84 Å². The fourth-order valence-corrected chi connectivity index (χ4v) is 2.21. The number of aryl methyl sites for hydroxylation is 3. The molecule has 0 aliphatic carbocycles. The number of nitrogens with zero attached hydrogens (tertiary/aromatic N) is 2. The maximum absolute atomic E-state index is 5.53. The van der Waals surface area contributed by atoms with E-state index < -0.39 is 0 Å². The highest BCUT2D eigenvalue weighted by atomic mass is 15.3. The van der Waals surface area contributed by atoms with Crippen LogP contribution in [0.25, 0.3) is 0 Å². The molecule has 4 heteroatoms. The highest BCUT2D eigenvalue weighted by Gasteiger charge is 2.09. The first-order valence-corrected chi connectivity index (χ1v) is 6.61. The van der Waals surface area contributed by atoms with Crippen molar-refractivity contribution in [3.63, 3.8) is 0 Å². The van der Waals surface area contributed by atoms with Crippen LogP contribution in [0.4, 0.5) is 5.82 Å². The molecule has 2 rings (SSSR count). The molecule has 0 aliphatic heterocycles. The van der Waals surface area contributed by atoms with Crippen LogP contribution in [0, 0.1) is 6.92 Å². The minimum Gasteiger partial charge on any atom is -0.308 e. The Morgan fingerprint density at radius 3 is 2.47 bits per heavy atom. The predicted octanol–water partition coefficient (Wildman–Crippen LogP) is 2.42. The topological polar surface area (TPSA) is 63.8 Å². The van der Waals surface area contributed by atoms with E-state index in [1.165, 1.54) is 5.56 Å². The minimum atomic E-state index is 0.748. The molecule has 0 fully saturated rings. The summed E-state index contributed by atoms with van der Waals surface area (Å²) < 4.78 is 0. The molecular weight excluding hydrogens is 236 g/mol. The van der Waals surface area contributed by atoms with Crippen molar-refractivity contribution in [1.82, 2.24) is 9.97 Å². The third-order valence-electron chi connectivity index (χ3n) is 3.23. The zero-order valence-corrected chi connectivity index (χ0v) is 11.5. The molecule has 1 aromatic carbocycles. The summed E-state index contributed by atoms with van der Waals surface area (Å²) in [5.41, 5.74) is 6.07. The first kappa shape index (κ1) is 13.5. The van der Waals surface area contributed by atoms with E-state index in [2.05, 4.69) is 46.6 Å². The van der Waals surface area contributed by atoms with E-state index >= 15 is 0 Å². The molecule has 100 valence electrons. The molecule has 0 atom stereocenters. The second kappa shape index (κ2) is 6.29. The Hall–Kier alpha value is -1.94. The number of rotatable bonds is 5. The van der Waals surface area contributed by atoms with E-state index in [1.54, 1.807) is 0 Å². The van der Waals surface area contributed by atoms with Crippen LogP contribution < -0.4 is 11.3 Å². The van der Waals surface area contributed by atoms with Gasteiger partial charge in [-0.3, -0.25) is 0 Å². The van der Waals surface area contributed by atoms with Crippen molar-refractivity contribution in [2.45, 2.75) is 33.1 Å². The molecule has 1 aromatic heterocycles. The smallest absolute Gasteiger partial charge is 0.147 e. The number of benzene rings is 1. The number of nitrogens with two attached hydrogens (primary N) is 1. The Balaban J connectivity index is 2.15. The van der Waals surface area contributed by atoms with Crippen molar-refractivity contribution in [3.05, 3.63) is 53.0 Å². The number of nitrogen functional groups attached to an aromatic ring is 1. The lowest BCUT2D eigenvalue weighted by atomic mass is 10.1. The monoisotopic (exact) mass is 256 g/mol. The molecule has 3 N–H and O–H groups in total. The van der Waals surface area contributed by atoms with Crippen molar-refractivity contribution < 1.29 is 0 Å². The number of hydrogen-bond acceptors (Lipinski definition) is 4. The fraction of sp³-hybridized carbons (Fsp3) is 0.333. The number of nitrogens with one attached hydrogen (secondary N) is 1. The predicted molar refractivity (Wildman–Crippen MR) is 77.8 cm³/mol. The molecule has 0 radical (unpaired) electrons. The fourth-order valence-electron chi connectivity index (χ4n) is 2.21. The van der Waals surface area contributed by atoms with Gasteiger partial charge in [0.2, 0.25) is 0 Å². The summed E-state index contributed by atoms with van der Waals surface area (Å²) in [6, 6.07) is 10.4. The summed E-state index contributed by atoms with van der Waals surface area (Å²) in [7, 11) is 0. The largest absolute Gasteiger partial charge is 0.308 e. The van der Waals surface area contributed by atoms with Gasteiger partial charge in [0, 0.05) is 17.7 Å². The average molecular weight is 256 g/mol. The number of hydrogen-bond donors (Lipinski definition) is 2. The van der Waals surface area contributed by atoms with Crippen LogP contribution in [-0.2, 0) is 19.3 Å². The summed E-state index contributed by atoms with van der Waals surface area (Å²) in [6.45, 7) is 4.09. The van der Waals surface area contributed by atoms with Gasteiger partial charge in [-0.15, -0.1) is 0 Å². The highest BCUT2D eigenvalue weighted by Crippen LogP contribution is 2.16. The van der Waals surface area contributed by atoms with Gasteiger partial charge in [-0.2, -0.15) is 0 Å². The normalized spacial score (nSPS) is 10.5. The average Bonchev–Trinajstić information content (AvgIpc) is 2.45. The molecule has 0 saturated heterocycles. The van der Waals surface area contributed by atoms with E-state index in [1.807, 2.05) is 13.0 Å². The third kappa shape index (κ3) is 3.29. The van der Waals surface area contributed by atoms with Crippen molar-refractivity contribution in [3.8, 4) is 0 Å². The summed E-state index contributed by atoms with van der Waals surface area (Å²) in [5, 5.41) is 0. The zero-order valence-electron chi connectivity index (χ0n) is 11.5. The van der Waals surface area contributed by atoms with Crippen LogP contribution in [0.15, 0.2) is 30.3 Å². The number of aromatic nitrogens is 2. The van der Waals surface area contributed by atoms with Gasteiger partial charge in [-0.25, -0.2) is 15.8 Å². The summed E-state index contributed by atoms with van der Waals surface area (Å²) in [4.78, 5) is 9.05. The van der Waals surface area contributed by atoms with Crippen LogP contribution in [-0.4, -0.2) is 9.97 Å². The van der Waals surface area contributed by atoms with Crippen LogP contribution in [0.5, 0.6) is 0 Å². The Morgan fingerprint density at radius 1 is 1.11 bits per heavy atom. The standard InChI is InChI=1S/C15H20N4/c1-3-13-11(2)17-14(18-15(13)19-16)10-9-12-7-5-4-6-8-12/h4-8H,3,9-10,16H2,1-2H3,(H,17,18,19). The first-order chi connectivity index (χ1) is 9.24. The lowest BCUT2D eigenvalue weighted by molar-refractivity contribution is 0.832. The summed E-state index contributed by atoms with van der Waals surface area (Å²) in [6.07, 6.45) is 2.64. The van der Waals surface area contributed by atoms with Crippen LogP contribution in [0.1, 0.15) is 29.6 Å². The molecule has 1 heterocycles. The summed E-state index contributed by atoms with van der Waals surface area (Å²) in [5.74, 6) is 7.12. The quantitative estimate of drug-likeness (QED) is 0.637. The lowest BCUT2D eigenvalue weighted by Crippen LogP contribution is -2.15. The second-order valence-electron chi connectivity index (χ2n) is 4.54. The molecule has 0 amide bonds. The van der Waals surface area contributed by atoms with Gasteiger partial charge < -0.3 is 5.43 Å². The second-order valence-corrected chi connectivity index (χ2v) is 4.54. The molecule has 2 aromatic rings. The van der Waals surface area contributed by atoms with Crippen LogP contribution in [0.3, 0.4) is 0 Å². The Labute approximate surface area is 114 Å². The van der Waals surface area contributed by atoms with Crippen LogP contribution >= 0.6 is 0 Å². The van der Waals surface area contributed by atoms with Gasteiger partial charge in [0.15, 0.2) is 0 Å². The minimum absolute atomic E-state index is 0.748. The Kier molecular flexibility index (Phi) is 4.47. The van der Waals surface area contributed by atoms with E-state index in [-0.39, 0.29) is 0 Å². The maximum atomic E-state index is 5.53. The van der Waals surface area contributed by atoms with Gasteiger partial charge in [-0.1, -0.05) is 37.3 Å². The van der Waals surface area contributed by atoms with Gasteiger partial charge in [0.25, 0.3) is 0 Å². The maximum Gasteiger partial charge on any atom is 0.147 e. The highest BCUT2D eigenvalue weighted by molar-refractivity contribution is 5.45. The van der Waals surface area contributed by atoms with Crippen molar-refractivity contribution in [1.29, 1.82) is 0 Å². The summed E-state index contributed by atoms with van der Waals surface area (Å²) >= 11 is 0. The van der Waals surface area contributed by atoms with Gasteiger partial charge >= 0.3 is 0 Å². The van der Waals surface area contributed by atoms with Gasteiger partial charge in [0.05, 0.1) is 0 Å². The van der Waals surface area contributed by atoms with Crippen molar-refractivity contribution in [2.24, 2.45) is 5.84 Å². The third-order valence-corrected chi connectivity index (χ3v) is 3.23. The van der Waals surface area contributed by atoms with Crippen molar-refractivity contribution in [2.75, 3.05) is 5.43 Å². The molecule has 0 saturated carbocycles.